The van der Waals surface area contributed by atoms with Gasteiger partial charge >= 0.3 is 0 Å². The number of nitrogens with zero attached hydrogens (tertiary/aromatic N) is 3. The van der Waals surface area contributed by atoms with Crippen molar-refractivity contribution in [3.05, 3.63) is 212 Å². The van der Waals surface area contributed by atoms with Crippen LogP contribution in [0.2, 0.25) is 0 Å². The molecule has 0 radical (unpaired) electrons. The van der Waals surface area contributed by atoms with E-state index in [1.165, 1.54) is 27.4 Å². The molecule has 0 spiro atoms. The second kappa shape index (κ2) is 13.8. The maximum atomic E-state index is 6.44. The Morgan fingerprint density at radius 3 is 1.90 bits per heavy atom. The van der Waals surface area contributed by atoms with Gasteiger partial charge in [-0.05, 0) is 119 Å². The molecule has 2 heterocycles. The number of aryl methyl sites for hydroxylation is 1. The molecule has 0 aliphatic rings. The maximum Gasteiger partial charge on any atom is 0.227 e. The molecule has 0 amide bonds. The number of benzene rings is 9. The van der Waals surface area contributed by atoms with Gasteiger partial charge in [0.05, 0.1) is 11.0 Å². The zero-order chi connectivity index (χ0) is 38.6. The Kier molecular flexibility index (Phi) is 8.00. The third-order valence-corrected chi connectivity index (χ3v) is 11.3. The summed E-state index contributed by atoms with van der Waals surface area (Å²) in [5, 5.41) is 4.63. The van der Waals surface area contributed by atoms with E-state index in [2.05, 4.69) is 186 Å². The van der Waals surface area contributed by atoms with E-state index in [4.69, 9.17) is 9.40 Å². The molecular weight excluding hydrogens is 707 g/mol. The molecule has 0 N–H and O–H groups in total. The predicted molar refractivity (Wildman–Crippen MR) is 242 cm³/mol. The van der Waals surface area contributed by atoms with Gasteiger partial charge in [-0.15, -0.1) is 0 Å². The second-order valence-electron chi connectivity index (χ2n) is 14.9. The normalized spacial score (nSPS) is 11.5. The van der Waals surface area contributed by atoms with Crippen LogP contribution < -0.4 is 4.90 Å². The lowest BCUT2D eigenvalue weighted by atomic mass is 9.98. The van der Waals surface area contributed by atoms with Crippen LogP contribution in [0.3, 0.4) is 0 Å². The molecule has 274 valence electrons. The van der Waals surface area contributed by atoms with E-state index in [0.717, 1.165) is 72.4 Å². The van der Waals surface area contributed by atoms with Crippen molar-refractivity contribution in [3.8, 4) is 39.4 Å². The molecule has 4 nitrogen and oxygen atoms in total. The zero-order valence-electron chi connectivity index (χ0n) is 31.9. The van der Waals surface area contributed by atoms with Crippen molar-refractivity contribution < 1.29 is 4.42 Å². The van der Waals surface area contributed by atoms with Gasteiger partial charge < -0.3 is 13.9 Å². The van der Waals surface area contributed by atoms with Crippen molar-refractivity contribution in [2.24, 2.45) is 0 Å². The Hall–Kier alpha value is -7.69. The summed E-state index contributed by atoms with van der Waals surface area (Å²) in [7, 11) is 0. The van der Waals surface area contributed by atoms with Crippen LogP contribution in [0.4, 0.5) is 17.1 Å². The number of oxazole rings is 1. The molecule has 0 aliphatic carbocycles. The summed E-state index contributed by atoms with van der Waals surface area (Å²) in [6.07, 6.45) is 0. The quantitative estimate of drug-likeness (QED) is 0.163. The minimum Gasteiger partial charge on any atom is -0.435 e. The smallest absolute Gasteiger partial charge is 0.227 e. The first-order chi connectivity index (χ1) is 28.7. The van der Waals surface area contributed by atoms with E-state index in [9.17, 15) is 0 Å². The SMILES string of the molecule is Cc1cc(-c2ccc3ccc4nc(-c5ccccc5)oc4c3c2)ccc1N(c1cccc(-c2ccccc2)c1)c1ccc2c3ccccc3n(-c3ccccc3)c2c1. The summed E-state index contributed by atoms with van der Waals surface area (Å²) < 4.78 is 8.82. The van der Waals surface area contributed by atoms with Crippen LogP contribution in [0.15, 0.2) is 211 Å². The summed E-state index contributed by atoms with van der Waals surface area (Å²) in [6.45, 7) is 2.22. The van der Waals surface area contributed by atoms with Crippen LogP contribution in [0.5, 0.6) is 0 Å². The third-order valence-electron chi connectivity index (χ3n) is 11.3. The summed E-state index contributed by atoms with van der Waals surface area (Å²) in [6, 6.07) is 73.4. The van der Waals surface area contributed by atoms with E-state index in [0.29, 0.717) is 5.89 Å². The Morgan fingerprint density at radius 2 is 1.09 bits per heavy atom. The molecule has 4 heteroatoms. The highest BCUT2D eigenvalue weighted by atomic mass is 16.3. The van der Waals surface area contributed by atoms with Gasteiger partial charge in [-0.1, -0.05) is 127 Å². The number of para-hydroxylation sites is 2. The van der Waals surface area contributed by atoms with Gasteiger partial charge in [0, 0.05) is 44.5 Å². The Bertz CT molecular complexity index is 3290. The third kappa shape index (κ3) is 5.74. The molecule has 11 aromatic rings. The molecule has 0 aliphatic heterocycles. The van der Waals surface area contributed by atoms with Crippen LogP contribution in [0, 0.1) is 6.92 Å². The van der Waals surface area contributed by atoms with E-state index >= 15 is 0 Å². The van der Waals surface area contributed by atoms with Gasteiger partial charge in [-0.3, -0.25) is 0 Å². The first-order valence-electron chi connectivity index (χ1n) is 19.7. The monoisotopic (exact) mass is 743 g/mol. The van der Waals surface area contributed by atoms with Crippen molar-refractivity contribution in [2.75, 3.05) is 4.90 Å². The van der Waals surface area contributed by atoms with Crippen LogP contribution in [0.25, 0.3) is 83.1 Å². The van der Waals surface area contributed by atoms with Gasteiger partial charge in [-0.2, -0.15) is 0 Å². The van der Waals surface area contributed by atoms with Crippen LogP contribution in [0.1, 0.15) is 5.56 Å². The summed E-state index contributed by atoms with van der Waals surface area (Å²) in [5.74, 6) is 0.632. The minimum absolute atomic E-state index is 0.632. The summed E-state index contributed by atoms with van der Waals surface area (Å²) in [5.41, 5.74) is 15.2. The molecule has 0 atom stereocenters. The highest BCUT2D eigenvalue weighted by Gasteiger charge is 2.20. The molecule has 11 rings (SSSR count). The molecule has 0 saturated heterocycles. The maximum absolute atomic E-state index is 6.44. The summed E-state index contributed by atoms with van der Waals surface area (Å²) >= 11 is 0. The fraction of sp³-hybridized carbons (Fsp3) is 0.0185. The van der Waals surface area contributed by atoms with E-state index in [1.54, 1.807) is 0 Å². The number of fused-ring (bicyclic) bond motifs is 6. The summed E-state index contributed by atoms with van der Waals surface area (Å²) in [4.78, 5) is 7.25. The standard InChI is InChI=1S/C54H37N3O/c1-36-32-41(42-25-24-38-26-30-49-53(48(38)34-42)58-54(55-49)39-16-7-3-8-17-39)27-31-50(36)56(44-21-13-18-40(33-44)37-14-5-2-6-15-37)45-28-29-47-46-22-11-12-23-51(46)57(52(47)35-45)43-19-9-4-10-20-43/h2-35H,1H3. The molecular formula is C54H37N3O. The number of anilines is 3. The van der Waals surface area contributed by atoms with Gasteiger partial charge in [0.2, 0.25) is 5.89 Å². The molecule has 58 heavy (non-hydrogen) atoms. The van der Waals surface area contributed by atoms with Crippen LogP contribution in [-0.4, -0.2) is 9.55 Å². The predicted octanol–water partition coefficient (Wildman–Crippen LogP) is 14.9. The van der Waals surface area contributed by atoms with Crippen molar-refractivity contribution in [3.63, 3.8) is 0 Å². The van der Waals surface area contributed by atoms with Gasteiger partial charge in [0.1, 0.15) is 5.52 Å². The average molecular weight is 744 g/mol. The lowest BCUT2D eigenvalue weighted by Crippen LogP contribution is -2.11. The molecule has 0 unspecified atom stereocenters. The Labute approximate surface area is 336 Å². The molecule has 0 saturated carbocycles. The molecule has 0 fully saturated rings. The molecule has 2 aromatic heterocycles. The van der Waals surface area contributed by atoms with E-state index in [-0.39, 0.29) is 0 Å². The second-order valence-corrected chi connectivity index (χ2v) is 14.9. The lowest BCUT2D eigenvalue weighted by molar-refractivity contribution is 0.623. The highest BCUT2D eigenvalue weighted by Crippen LogP contribution is 2.43. The largest absolute Gasteiger partial charge is 0.435 e. The highest BCUT2D eigenvalue weighted by molar-refractivity contribution is 6.10. The molecule has 9 aromatic carbocycles. The Morgan fingerprint density at radius 1 is 0.448 bits per heavy atom. The fourth-order valence-electron chi connectivity index (χ4n) is 8.51. The van der Waals surface area contributed by atoms with Crippen molar-refractivity contribution in [1.29, 1.82) is 0 Å². The van der Waals surface area contributed by atoms with Crippen LogP contribution >= 0.6 is 0 Å². The van der Waals surface area contributed by atoms with Crippen molar-refractivity contribution in [1.82, 2.24) is 9.55 Å². The van der Waals surface area contributed by atoms with Gasteiger partial charge in [-0.25, -0.2) is 4.98 Å². The van der Waals surface area contributed by atoms with E-state index < -0.39 is 0 Å². The zero-order valence-corrected chi connectivity index (χ0v) is 31.9. The first kappa shape index (κ1) is 33.6. The van der Waals surface area contributed by atoms with Crippen LogP contribution in [-0.2, 0) is 0 Å². The Balaban J connectivity index is 1.07. The fourth-order valence-corrected chi connectivity index (χ4v) is 8.51. The average Bonchev–Trinajstić information content (AvgIpc) is 3.88. The van der Waals surface area contributed by atoms with Gasteiger partial charge in [0.25, 0.3) is 0 Å². The first-order valence-corrected chi connectivity index (χ1v) is 19.7. The van der Waals surface area contributed by atoms with Gasteiger partial charge in [0.15, 0.2) is 5.58 Å². The topological polar surface area (TPSA) is 34.2 Å². The number of rotatable bonds is 7. The number of aromatic nitrogens is 2. The van der Waals surface area contributed by atoms with E-state index in [1.807, 2.05) is 36.4 Å². The lowest BCUT2D eigenvalue weighted by Gasteiger charge is -2.28. The van der Waals surface area contributed by atoms with Crippen molar-refractivity contribution >= 4 is 60.7 Å². The minimum atomic E-state index is 0.632. The number of hydrogen-bond acceptors (Lipinski definition) is 3. The molecule has 0 bridgehead atoms. The number of hydrogen-bond donors (Lipinski definition) is 0. The van der Waals surface area contributed by atoms with Crippen molar-refractivity contribution in [2.45, 2.75) is 6.92 Å².